The van der Waals surface area contributed by atoms with E-state index in [0.717, 1.165) is 40.9 Å². The first-order valence-electron chi connectivity index (χ1n) is 6.05. The molecule has 0 aliphatic heterocycles. The molecule has 0 atom stereocenters. The number of hydrogen-bond donors (Lipinski definition) is 1. The van der Waals surface area contributed by atoms with Crippen LogP contribution in [0.3, 0.4) is 0 Å². The van der Waals surface area contributed by atoms with Gasteiger partial charge >= 0.3 is 0 Å². The van der Waals surface area contributed by atoms with Gasteiger partial charge in [-0.05, 0) is 37.0 Å². The molecule has 17 heavy (non-hydrogen) atoms. The first-order valence-corrected chi connectivity index (χ1v) is 6.05. The molecular weight excluding hydrogens is 216 g/mol. The van der Waals surface area contributed by atoms with Crippen LogP contribution in [0.4, 0.5) is 0 Å². The van der Waals surface area contributed by atoms with Gasteiger partial charge < -0.3 is 14.3 Å². The fraction of sp³-hybridized carbons (Fsp3) is 0.429. The van der Waals surface area contributed by atoms with Gasteiger partial charge in [0.15, 0.2) is 11.3 Å². The van der Waals surface area contributed by atoms with Crippen LogP contribution in [0.5, 0.6) is 5.75 Å². The van der Waals surface area contributed by atoms with E-state index >= 15 is 0 Å². The van der Waals surface area contributed by atoms with Crippen LogP contribution in [-0.4, -0.2) is 12.2 Å². The maximum Gasteiger partial charge on any atom is 0.176 e. The van der Waals surface area contributed by atoms with Crippen LogP contribution in [-0.2, 0) is 19.4 Å². The third-order valence-electron chi connectivity index (χ3n) is 3.48. The van der Waals surface area contributed by atoms with E-state index in [0.29, 0.717) is 0 Å². The molecule has 0 saturated heterocycles. The number of fused-ring (bicyclic) bond motifs is 3. The van der Waals surface area contributed by atoms with Gasteiger partial charge in [-0.25, -0.2) is 0 Å². The van der Waals surface area contributed by atoms with E-state index in [9.17, 15) is 5.11 Å². The number of hydrogen-bond acceptors (Lipinski definition) is 3. The van der Waals surface area contributed by atoms with Crippen molar-refractivity contribution >= 4 is 11.0 Å². The average molecular weight is 232 g/mol. The minimum atomic E-state index is 0.0340. The van der Waals surface area contributed by atoms with E-state index in [1.165, 1.54) is 18.4 Å². The minimum absolute atomic E-state index is 0.0340. The smallest absolute Gasteiger partial charge is 0.176 e. The molecule has 3 heteroatoms. The fourth-order valence-electron chi connectivity index (χ4n) is 2.63. The molecule has 0 bridgehead atoms. The predicted molar refractivity (Wildman–Crippen MR) is 65.3 cm³/mol. The molecule has 0 unspecified atom stereocenters. The van der Waals surface area contributed by atoms with Crippen LogP contribution in [0.15, 0.2) is 16.5 Å². The van der Waals surface area contributed by atoms with Gasteiger partial charge in [0.1, 0.15) is 5.76 Å². The molecule has 1 aromatic carbocycles. The molecule has 0 radical (unpaired) electrons. The number of aliphatic hydroxyl groups is 1. The summed E-state index contributed by atoms with van der Waals surface area (Å²) in [5.74, 6) is 1.82. The number of aryl methyl sites for hydroxylation is 2. The lowest BCUT2D eigenvalue weighted by molar-refractivity contribution is 0.281. The van der Waals surface area contributed by atoms with Gasteiger partial charge in [-0.3, -0.25) is 0 Å². The normalized spacial score (nSPS) is 14.9. The Bertz CT molecular complexity index is 554. The number of ether oxygens (including phenoxy) is 1. The van der Waals surface area contributed by atoms with Crippen molar-refractivity contribution in [2.45, 2.75) is 32.3 Å². The fourth-order valence-corrected chi connectivity index (χ4v) is 2.63. The maximum atomic E-state index is 9.27. The molecule has 2 aromatic rings. The Labute approximate surface area is 100.0 Å². The van der Waals surface area contributed by atoms with E-state index < -0.39 is 0 Å². The first-order chi connectivity index (χ1) is 8.33. The molecule has 3 nitrogen and oxygen atoms in total. The highest BCUT2D eigenvalue weighted by Gasteiger charge is 2.20. The van der Waals surface area contributed by atoms with Gasteiger partial charge in [-0.1, -0.05) is 0 Å². The highest BCUT2D eigenvalue weighted by Crippen LogP contribution is 2.37. The Balaban J connectivity index is 2.29. The van der Waals surface area contributed by atoms with E-state index in [4.69, 9.17) is 9.15 Å². The second-order valence-corrected chi connectivity index (χ2v) is 4.54. The maximum absolute atomic E-state index is 9.27. The molecule has 1 aromatic heterocycles. The van der Waals surface area contributed by atoms with Crippen LogP contribution in [0, 0.1) is 0 Å². The lowest BCUT2D eigenvalue weighted by Gasteiger charge is -2.08. The standard InChI is InChI=1S/C14H16O3/c1-16-13-7-9(8-15)6-11-10-4-2-3-5-12(10)17-14(11)13/h6-7,15H,2-5,8H2,1H3. The molecule has 1 heterocycles. The summed E-state index contributed by atoms with van der Waals surface area (Å²) in [6, 6.07) is 3.86. The van der Waals surface area contributed by atoms with Gasteiger partial charge in [0, 0.05) is 17.4 Å². The van der Waals surface area contributed by atoms with Crippen LogP contribution in [0.1, 0.15) is 29.7 Å². The molecule has 1 aliphatic carbocycles. The van der Waals surface area contributed by atoms with Gasteiger partial charge in [-0.2, -0.15) is 0 Å². The van der Waals surface area contributed by atoms with Gasteiger partial charge in [0.05, 0.1) is 13.7 Å². The van der Waals surface area contributed by atoms with Crippen LogP contribution in [0.25, 0.3) is 11.0 Å². The molecule has 0 fully saturated rings. The summed E-state index contributed by atoms with van der Waals surface area (Å²) in [5.41, 5.74) is 3.01. The van der Waals surface area contributed by atoms with Crippen molar-refractivity contribution in [3.05, 3.63) is 29.0 Å². The van der Waals surface area contributed by atoms with E-state index in [1.54, 1.807) is 7.11 Å². The van der Waals surface area contributed by atoms with Crippen molar-refractivity contribution in [1.29, 1.82) is 0 Å². The minimum Gasteiger partial charge on any atom is -0.493 e. The van der Waals surface area contributed by atoms with Crippen LogP contribution >= 0.6 is 0 Å². The van der Waals surface area contributed by atoms with Crippen molar-refractivity contribution in [3.63, 3.8) is 0 Å². The highest BCUT2D eigenvalue weighted by atomic mass is 16.5. The van der Waals surface area contributed by atoms with E-state index in [2.05, 4.69) is 0 Å². The lowest BCUT2D eigenvalue weighted by Crippen LogP contribution is -1.98. The van der Waals surface area contributed by atoms with Crippen LogP contribution < -0.4 is 4.74 Å². The van der Waals surface area contributed by atoms with Gasteiger partial charge in [-0.15, -0.1) is 0 Å². The summed E-state index contributed by atoms with van der Waals surface area (Å²) in [6.07, 6.45) is 4.50. The molecule has 3 rings (SSSR count). The zero-order valence-corrected chi connectivity index (χ0v) is 9.95. The topological polar surface area (TPSA) is 42.6 Å². The van der Waals surface area contributed by atoms with Crippen molar-refractivity contribution in [1.82, 2.24) is 0 Å². The molecule has 1 aliphatic rings. The first kappa shape index (κ1) is 10.7. The predicted octanol–water partition coefficient (Wildman–Crippen LogP) is 2.81. The van der Waals surface area contributed by atoms with Gasteiger partial charge in [0.25, 0.3) is 0 Å². The summed E-state index contributed by atoms with van der Waals surface area (Å²) in [6.45, 7) is 0.0340. The molecule has 0 spiro atoms. The molecule has 1 N–H and O–H groups in total. The van der Waals surface area contributed by atoms with Crippen LogP contribution in [0.2, 0.25) is 0 Å². The molecule has 0 amide bonds. The summed E-state index contributed by atoms with van der Waals surface area (Å²) in [4.78, 5) is 0. The largest absolute Gasteiger partial charge is 0.493 e. The van der Waals surface area contributed by atoms with Gasteiger partial charge in [0.2, 0.25) is 0 Å². The summed E-state index contributed by atoms with van der Waals surface area (Å²) >= 11 is 0. The Morgan fingerprint density at radius 2 is 2.12 bits per heavy atom. The number of methoxy groups -OCH3 is 1. The monoisotopic (exact) mass is 232 g/mol. The second kappa shape index (κ2) is 4.08. The van der Waals surface area contributed by atoms with Crippen molar-refractivity contribution in [3.8, 4) is 5.75 Å². The Morgan fingerprint density at radius 3 is 2.88 bits per heavy atom. The summed E-state index contributed by atoms with van der Waals surface area (Å²) in [7, 11) is 1.64. The quantitative estimate of drug-likeness (QED) is 0.865. The third-order valence-corrected chi connectivity index (χ3v) is 3.48. The lowest BCUT2D eigenvalue weighted by atomic mass is 9.95. The Hall–Kier alpha value is -1.48. The summed E-state index contributed by atoms with van der Waals surface area (Å²) in [5, 5.41) is 10.4. The molecule has 90 valence electrons. The second-order valence-electron chi connectivity index (χ2n) is 4.54. The summed E-state index contributed by atoms with van der Waals surface area (Å²) < 4.78 is 11.2. The number of furan rings is 1. The highest BCUT2D eigenvalue weighted by molar-refractivity contribution is 5.88. The SMILES string of the molecule is COc1cc(CO)cc2c3c(oc12)CCCC3. The van der Waals surface area contributed by atoms with Crippen molar-refractivity contribution in [2.24, 2.45) is 0 Å². The van der Waals surface area contributed by atoms with Crippen molar-refractivity contribution < 1.29 is 14.3 Å². The number of benzene rings is 1. The molecular formula is C14H16O3. The van der Waals surface area contributed by atoms with E-state index in [1.807, 2.05) is 12.1 Å². The average Bonchev–Trinajstić information content (AvgIpc) is 2.76. The zero-order chi connectivity index (χ0) is 11.8. The molecule has 0 saturated carbocycles. The van der Waals surface area contributed by atoms with Crippen molar-refractivity contribution in [2.75, 3.05) is 7.11 Å². The number of aliphatic hydroxyl groups excluding tert-OH is 1. The van der Waals surface area contributed by atoms with E-state index in [-0.39, 0.29) is 6.61 Å². The Morgan fingerprint density at radius 1 is 1.29 bits per heavy atom. The zero-order valence-electron chi connectivity index (χ0n) is 9.95. The number of rotatable bonds is 2. The Kier molecular flexibility index (Phi) is 2.56. The third kappa shape index (κ3) is 1.62.